The zero-order chi connectivity index (χ0) is 19.3. The summed E-state index contributed by atoms with van der Waals surface area (Å²) in [5, 5.41) is 1.07. The fourth-order valence-electron chi connectivity index (χ4n) is 2.94. The van der Waals surface area contributed by atoms with Gasteiger partial charge in [-0.25, -0.2) is 0 Å². The molecule has 0 bridgehead atoms. The molecule has 0 N–H and O–H groups in total. The molecule has 0 aliphatic heterocycles. The molecule has 26 heavy (non-hydrogen) atoms. The highest BCUT2D eigenvalue weighted by atomic mass is 28.4. The van der Waals surface area contributed by atoms with Crippen molar-refractivity contribution in [3.05, 3.63) is 35.9 Å². The molecule has 0 saturated carbocycles. The van der Waals surface area contributed by atoms with E-state index in [4.69, 9.17) is 18.0 Å². The molecule has 0 atom stereocenters. The van der Waals surface area contributed by atoms with Gasteiger partial charge in [0.05, 0.1) is 7.11 Å². The Morgan fingerprint density at radius 1 is 0.846 bits per heavy atom. The van der Waals surface area contributed by atoms with E-state index in [2.05, 4.69) is 25.1 Å². The average Bonchev–Trinajstić information content (AvgIpc) is 2.65. The number of hydrogen-bond acceptors (Lipinski definition) is 4. The maximum Gasteiger partial charge on any atom is 0.537 e. The van der Waals surface area contributed by atoms with Gasteiger partial charge in [0, 0.05) is 25.0 Å². The van der Waals surface area contributed by atoms with Gasteiger partial charge in [0.25, 0.3) is 0 Å². The van der Waals surface area contributed by atoms with Crippen LogP contribution < -0.4 is 4.74 Å². The Kier molecular flexibility index (Phi) is 11.5. The highest BCUT2D eigenvalue weighted by molar-refractivity contribution is 6.81. The lowest BCUT2D eigenvalue weighted by atomic mass is 10.1. The molecule has 0 saturated heterocycles. The topological polar surface area (TPSA) is 36.9 Å². The van der Waals surface area contributed by atoms with Gasteiger partial charge in [-0.1, -0.05) is 44.4 Å². The number of unbranched alkanes of at least 4 members (excludes halogenated alkanes) is 4. The summed E-state index contributed by atoms with van der Waals surface area (Å²) in [5.41, 5.74) is 1.09. The summed E-state index contributed by atoms with van der Waals surface area (Å²) in [6.45, 7) is 9.91. The first-order valence-corrected chi connectivity index (χ1v) is 11.7. The van der Waals surface area contributed by atoms with E-state index >= 15 is 0 Å². The van der Waals surface area contributed by atoms with Crippen molar-refractivity contribution in [2.24, 2.45) is 0 Å². The lowest BCUT2D eigenvalue weighted by Gasteiger charge is -2.31. The van der Waals surface area contributed by atoms with Crippen molar-refractivity contribution in [2.75, 3.05) is 26.9 Å². The van der Waals surface area contributed by atoms with Gasteiger partial charge in [0.15, 0.2) is 0 Å². The molecular weight excluding hydrogens is 344 g/mol. The number of benzene rings is 1. The molecule has 0 amide bonds. The Labute approximate surface area is 160 Å². The Hall–Kier alpha value is -1.14. The van der Waals surface area contributed by atoms with Crippen molar-refractivity contribution in [2.45, 2.75) is 59.8 Å². The molecule has 0 spiro atoms. The van der Waals surface area contributed by atoms with Crippen LogP contribution in [0.2, 0.25) is 0 Å². The van der Waals surface area contributed by atoms with Gasteiger partial charge in [-0.05, 0) is 51.3 Å². The van der Waals surface area contributed by atoms with Crippen LogP contribution in [0.3, 0.4) is 0 Å². The van der Waals surface area contributed by atoms with Gasteiger partial charge in [0.2, 0.25) is 0 Å². The zero-order valence-corrected chi connectivity index (χ0v) is 18.2. The normalized spacial score (nSPS) is 12.4. The summed E-state index contributed by atoms with van der Waals surface area (Å²) in [5.74, 6) is 0.840. The third-order valence-electron chi connectivity index (χ3n) is 4.14. The maximum atomic E-state index is 6.16. The SMILES string of the molecule is CCCCCCC=C(c1ccc(OC)cc1)[Si](OCC)(OCC)OCC. The van der Waals surface area contributed by atoms with Gasteiger partial charge in [-0.3, -0.25) is 0 Å². The van der Waals surface area contributed by atoms with Crippen LogP contribution in [-0.4, -0.2) is 35.7 Å². The first-order chi connectivity index (χ1) is 12.7. The minimum atomic E-state index is -2.94. The van der Waals surface area contributed by atoms with Crippen molar-refractivity contribution in [3.8, 4) is 5.75 Å². The second kappa shape index (κ2) is 13.1. The number of ether oxygens (including phenoxy) is 1. The van der Waals surface area contributed by atoms with E-state index in [0.29, 0.717) is 19.8 Å². The third-order valence-corrected chi connectivity index (χ3v) is 7.30. The summed E-state index contributed by atoms with van der Waals surface area (Å²) in [6, 6.07) is 8.08. The second-order valence-electron chi connectivity index (χ2n) is 6.05. The van der Waals surface area contributed by atoms with Gasteiger partial charge in [-0.2, -0.15) is 0 Å². The maximum absolute atomic E-state index is 6.16. The van der Waals surface area contributed by atoms with Crippen molar-refractivity contribution in [1.82, 2.24) is 0 Å². The summed E-state index contributed by atoms with van der Waals surface area (Å²) in [7, 11) is -1.26. The van der Waals surface area contributed by atoms with Crippen LogP contribution in [0.4, 0.5) is 0 Å². The van der Waals surface area contributed by atoms with Crippen LogP contribution in [0, 0.1) is 0 Å². The molecule has 0 fully saturated rings. The second-order valence-corrected chi connectivity index (χ2v) is 8.57. The van der Waals surface area contributed by atoms with E-state index in [1.165, 1.54) is 25.7 Å². The van der Waals surface area contributed by atoms with Crippen LogP contribution in [0.25, 0.3) is 5.20 Å². The number of methoxy groups -OCH3 is 1. The minimum absolute atomic E-state index is 0.565. The quantitative estimate of drug-likeness (QED) is 0.309. The van der Waals surface area contributed by atoms with E-state index in [0.717, 1.165) is 22.9 Å². The van der Waals surface area contributed by atoms with Gasteiger partial charge < -0.3 is 18.0 Å². The molecule has 1 aromatic rings. The lowest BCUT2D eigenvalue weighted by Crippen LogP contribution is -2.47. The van der Waals surface area contributed by atoms with Crippen molar-refractivity contribution >= 4 is 14.0 Å². The molecule has 4 nitrogen and oxygen atoms in total. The monoisotopic (exact) mass is 380 g/mol. The molecule has 148 valence electrons. The van der Waals surface area contributed by atoms with Gasteiger partial charge in [0.1, 0.15) is 5.75 Å². The predicted octanol–water partition coefficient (Wildman–Crippen LogP) is 5.64. The Morgan fingerprint density at radius 2 is 1.42 bits per heavy atom. The number of rotatable bonds is 14. The van der Waals surface area contributed by atoms with Gasteiger partial charge >= 0.3 is 8.80 Å². The van der Waals surface area contributed by atoms with Crippen molar-refractivity contribution in [1.29, 1.82) is 0 Å². The molecule has 0 aliphatic rings. The van der Waals surface area contributed by atoms with Crippen LogP contribution in [0.15, 0.2) is 30.3 Å². The largest absolute Gasteiger partial charge is 0.537 e. The summed E-state index contributed by atoms with van der Waals surface area (Å²) in [4.78, 5) is 0. The van der Waals surface area contributed by atoms with Gasteiger partial charge in [-0.15, -0.1) is 0 Å². The summed E-state index contributed by atoms with van der Waals surface area (Å²) < 4.78 is 23.8. The van der Waals surface area contributed by atoms with E-state index in [9.17, 15) is 0 Å². The van der Waals surface area contributed by atoms with E-state index < -0.39 is 8.80 Å². The Bertz CT molecular complexity index is 496. The molecular formula is C21H36O4Si. The highest BCUT2D eigenvalue weighted by Crippen LogP contribution is 2.31. The molecule has 1 rings (SSSR count). The smallest absolute Gasteiger partial charge is 0.497 e. The Morgan fingerprint density at radius 3 is 1.88 bits per heavy atom. The first kappa shape index (κ1) is 22.9. The van der Waals surface area contributed by atoms with Crippen molar-refractivity contribution < 1.29 is 18.0 Å². The van der Waals surface area contributed by atoms with E-state index in [-0.39, 0.29) is 0 Å². The lowest BCUT2D eigenvalue weighted by molar-refractivity contribution is 0.0870. The van der Waals surface area contributed by atoms with Crippen LogP contribution in [0.5, 0.6) is 5.75 Å². The van der Waals surface area contributed by atoms with E-state index in [1.807, 2.05) is 32.9 Å². The zero-order valence-electron chi connectivity index (χ0n) is 17.2. The molecule has 0 radical (unpaired) electrons. The fourth-order valence-corrected chi connectivity index (χ4v) is 5.71. The first-order valence-electron chi connectivity index (χ1n) is 9.94. The standard InChI is InChI=1S/C21H36O4Si/c1-6-10-11-12-13-14-21(19-15-17-20(22-5)18-16-19)26(23-7-2,24-8-3)25-9-4/h14-18H,6-13H2,1-5H3. The van der Waals surface area contributed by atoms with Crippen LogP contribution >= 0.6 is 0 Å². The predicted molar refractivity (Wildman–Crippen MR) is 110 cm³/mol. The molecule has 5 heteroatoms. The average molecular weight is 381 g/mol. The number of hydrogen-bond donors (Lipinski definition) is 0. The summed E-state index contributed by atoms with van der Waals surface area (Å²) >= 11 is 0. The third kappa shape index (κ3) is 6.87. The minimum Gasteiger partial charge on any atom is -0.497 e. The fraction of sp³-hybridized carbons (Fsp3) is 0.619. The highest BCUT2D eigenvalue weighted by Gasteiger charge is 2.45. The van der Waals surface area contributed by atoms with E-state index in [1.54, 1.807) is 7.11 Å². The summed E-state index contributed by atoms with van der Waals surface area (Å²) in [6.07, 6.45) is 8.20. The van der Waals surface area contributed by atoms with Crippen LogP contribution in [0.1, 0.15) is 65.4 Å². The van der Waals surface area contributed by atoms with Crippen LogP contribution in [-0.2, 0) is 13.3 Å². The molecule has 0 unspecified atom stereocenters. The molecule has 0 heterocycles. The molecule has 1 aromatic carbocycles. The van der Waals surface area contributed by atoms with Crippen molar-refractivity contribution in [3.63, 3.8) is 0 Å². The Balaban J connectivity index is 3.21. The number of allylic oxidation sites excluding steroid dienone is 1. The molecule has 0 aromatic heterocycles. The molecule has 0 aliphatic carbocycles.